The van der Waals surface area contributed by atoms with E-state index in [2.05, 4.69) is 0 Å². The van der Waals surface area contributed by atoms with Gasteiger partial charge in [-0.15, -0.1) is 11.8 Å². The molecular weight excluding hydrogens is 393 g/mol. The van der Waals surface area contributed by atoms with Crippen molar-refractivity contribution in [1.82, 2.24) is 4.31 Å². The van der Waals surface area contributed by atoms with E-state index in [4.69, 9.17) is 14.2 Å². The molecule has 0 spiro atoms. The lowest BCUT2D eigenvalue weighted by molar-refractivity contribution is 0.344. The SMILES string of the molecule is COc1cc(OC)c([C@H]2SCCN2S(=O)(=O)c2ccc(F)cc2)cc1OC. The fourth-order valence-corrected chi connectivity index (χ4v) is 6.18. The molecule has 0 saturated carbocycles. The molecule has 0 amide bonds. The Bertz CT molecular complexity index is 918. The lowest BCUT2D eigenvalue weighted by Crippen LogP contribution is -2.30. The van der Waals surface area contributed by atoms with Gasteiger partial charge >= 0.3 is 0 Å². The van der Waals surface area contributed by atoms with Gasteiger partial charge in [0.15, 0.2) is 11.5 Å². The summed E-state index contributed by atoms with van der Waals surface area (Å²) in [5.74, 6) is 1.63. The van der Waals surface area contributed by atoms with Crippen LogP contribution in [0.15, 0.2) is 41.3 Å². The van der Waals surface area contributed by atoms with Gasteiger partial charge in [-0.05, 0) is 30.3 Å². The number of hydrogen-bond acceptors (Lipinski definition) is 6. The summed E-state index contributed by atoms with van der Waals surface area (Å²) in [7, 11) is 0.759. The Labute approximate surface area is 162 Å². The predicted molar refractivity (Wildman–Crippen MR) is 102 cm³/mol. The molecule has 1 aliphatic rings. The van der Waals surface area contributed by atoms with E-state index in [0.717, 1.165) is 12.1 Å². The van der Waals surface area contributed by atoms with E-state index in [9.17, 15) is 12.8 Å². The van der Waals surface area contributed by atoms with Crippen molar-refractivity contribution in [3.63, 3.8) is 0 Å². The molecule has 1 fully saturated rings. The van der Waals surface area contributed by atoms with Crippen molar-refractivity contribution in [3.05, 3.63) is 47.8 Å². The van der Waals surface area contributed by atoms with Crippen molar-refractivity contribution in [2.24, 2.45) is 0 Å². The molecule has 0 aromatic heterocycles. The van der Waals surface area contributed by atoms with Gasteiger partial charge in [-0.2, -0.15) is 4.31 Å². The Morgan fingerprint density at radius 3 is 2.19 bits per heavy atom. The number of halogens is 1. The largest absolute Gasteiger partial charge is 0.496 e. The number of methoxy groups -OCH3 is 3. The Hall–Kier alpha value is -1.97. The number of hydrogen-bond donors (Lipinski definition) is 0. The maximum absolute atomic E-state index is 13.2. The lowest BCUT2D eigenvalue weighted by atomic mass is 10.1. The monoisotopic (exact) mass is 413 g/mol. The minimum absolute atomic E-state index is 0.0517. The van der Waals surface area contributed by atoms with Crippen molar-refractivity contribution < 1.29 is 27.0 Å². The molecule has 0 aliphatic carbocycles. The van der Waals surface area contributed by atoms with Crippen LogP contribution in [0.2, 0.25) is 0 Å². The fraction of sp³-hybridized carbons (Fsp3) is 0.333. The third kappa shape index (κ3) is 3.71. The molecule has 1 saturated heterocycles. The smallest absolute Gasteiger partial charge is 0.244 e. The zero-order chi connectivity index (χ0) is 19.6. The summed E-state index contributed by atoms with van der Waals surface area (Å²) in [4.78, 5) is 0.0517. The van der Waals surface area contributed by atoms with Crippen LogP contribution in [0.3, 0.4) is 0 Å². The lowest BCUT2D eigenvalue weighted by Gasteiger charge is -2.25. The molecule has 2 aromatic carbocycles. The average molecular weight is 413 g/mol. The van der Waals surface area contributed by atoms with Gasteiger partial charge < -0.3 is 14.2 Å². The van der Waals surface area contributed by atoms with Gasteiger partial charge in [0.1, 0.15) is 11.6 Å². The normalized spacial score (nSPS) is 17.7. The zero-order valence-corrected chi connectivity index (χ0v) is 16.8. The van der Waals surface area contributed by atoms with Gasteiger partial charge in [-0.3, -0.25) is 0 Å². The predicted octanol–water partition coefficient (Wildman–Crippen LogP) is 3.29. The molecule has 27 heavy (non-hydrogen) atoms. The van der Waals surface area contributed by atoms with Crippen LogP contribution >= 0.6 is 11.8 Å². The number of sulfonamides is 1. The number of nitrogens with zero attached hydrogens (tertiary/aromatic N) is 1. The number of benzene rings is 2. The maximum Gasteiger partial charge on any atom is 0.244 e. The topological polar surface area (TPSA) is 65.1 Å². The van der Waals surface area contributed by atoms with Crippen molar-refractivity contribution >= 4 is 21.8 Å². The van der Waals surface area contributed by atoms with Crippen molar-refractivity contribution in [2.75, 3.05) is 33.6 Å². The Morgan fingerprint density at radius 2 is 1.59 bits per heavy atom. The third-order valence-electron chi connectivity index (χ3n) is 4.27. The highest BCUT2D eigenvalue weighted by Gasteiger charge is 2.38. The highest BCUT2D eigenvalue weighted by Crippen LogP contribution is 2.47. The van der Waals surface area contributed by atoms with Gasteiger partial charge in [0, 0.05) is 23.9 Å². The molecule has 9 heteroatoms. The van der Waals surface area contributed by atoms with E-state index in [1.165, 1.54) is 49.5 Å². The van der Waals surface area contributed by atoms with Crippen LogP contribution in [0.5, 0.6) is 17.2 Å². The molecule has 146 valence electrons. The van der Waals surface area contributed by atoms with Crippen LogP contribution in [-0.4, -0.2) is 46.4 Å². The number of ether oxygens (including phenoxy) is 3. The van der Waals surface area contributed by atoms with Gasteiger partial charge in [-0.1, -0.05) is 0 Å². The summed E-state index contributed by atoms with van der Waals surface area (Å²) in [6.07, 6.45) is 0. The Balaban J connectivity index is 2.05. The van der Waals surface area contributed by atoms with Crippen LogP contribution in [0.4, 0.5) is 4.39 Å². The van der Waals surface area contributed by atoms with E-state index in [0.29, 0.717) is 35.1 Å². The fourth-order valence-electron chi connectivity index (χ4n) is 2.93. The maximum atomic E-state index is 13.2. The second-order valence-corrected chi connectivity index (χ2v) is 8.82. The summed E-state index contributed by atoms with van der Waals surface area (Å²) in [6.45, 7) is 0.340. The molecule has 0 N–H and O–H groups in total. The van der Waals surface area contributed by atoms with Crippen LogP contribution in [0, 0.1) is 5.82 Å². The molecule has 0 unspecified atom stereocenters. The minimum atomic E-state index is -3.79. The van der Waals surface area contributed by atoms with Crippen LogP contribution in [0.1, 0.15) is 10.9 Å². The molecule has 0 bridgehead atoms. The molecular formula is C18H20FNO5S2. The molecule has 6 nitrogen and oxygen atoms in total. The van der Waals surface area contributed by atoms with Crippen LogP contribution < -0.4 is 14.2 Å². The molecule has 3 rings (SSSR count). The first-order valence-electron chi connectivity index (χ1n) is 8.11. The third-order valence-corrected chi connectivity index (χ3v) is 7.53. The van der Waals surface area contributed by atoms with E-state index < -0.39 is 21.2 Å². The minimum Gasteiger partial charge on any atom is -0.496 e. The van der Waals surface area contributed by atoms with E-state index in [1.807, 2.05) is 0 Å². The average Bonchev–Trinajstić information content (AvgIpc) is 3.17. The summed E-state index contributed by atoms with van der Waals surface area (Å²) in [5, 5.41) is -0.491. The second kappa shape index (κ2) is 7.95. The highest BCUT2D eigenvalue weighted by atomic mass is 32.2. The number of thioether (sulfide) groups is 1. The molecule has 1 aliphatic heterocycles. The first kappa shape index (κ1) is 19.8. The van der Waals surface area contributed by atoms with Gasteiger partial charge in [0.25, 0.3) is 0 Å². The Kier molecular flexibility index (Phi) is 5.83. The van der Waals surface area contributed by atoms with Gasteiger partial charge in [-0.25, -0.2) is 12.8 Å². The molecule has 0 radical (unpaired) electrons. The van der Waals surface area contributed by atoms with Crippen molar-refractivity contribution in [2.45, 2.75) is 10.3 Å². The van der Waals surface area contributed by atoms with Crippen LogP contribution in [0.25, 0.3) is 0 Å². The van der Waals surface area contributed by atoms with E-state index >= 15 is 0 Å². The first-order chi connectivity index (χ1) is 12.9. The van der Waals surface area contributed by atoms with Crippen molar-refractivity contribution in [3.8, 4) is 17.2 Å². The summed E-state index contributed by atoms with van der Waals surface area (Å²) in [5.41, 5.74) is 0.670. The number of rotatable bonds is 6. The Morgan fingerprint density at radius 1 is 1.00 bits per heavy atom. The van der Waals surface area contributed by atoms with E-state index in [-0.39, 0.29) is 4.90 Å². The first-order valence-corrected chi connectivity index (χ1v) is 10.6. The summed E-state index contributed by atoms with van der Waals surface area (Å²) >= 11 is 1.49. The zero-order valence-electron chi connectivity index (χ0n) is 15.1. The van der Waals surface area contributed by atoms with Gasteiger partial charge in [0.2, 0.25) is 10.0 Å². The van der Waals surface area contributed by atoms with Crippen molar-refractivity contribution in [1.29, 1.82) is 0 Å². The highest BCUT2D eigenvalue weighted by molar-refractivity contribution is 8.01. The summed E-state index contributed by atoms with van der Waals surface area (Å²) < 4.78 is 56.9. The van der Waals surface area contributed by atoms with Crippen LogP contribution in [-0.2, 0) is 10.0 Å². The van der Waals surface area contributed by atoms with E-state index in [1.54, 1.807) is 12.1 Å². The molecule has 1 atom stereocenters. The molecule has 1 heterocycles. The summed E-state index contributed by atoms with van der Waals surface area (Å²) in [6, 6.07) is 8.24. The standard InChI is InChI=1S/C18H20FNO5S2/c1-23-15-11-17(25-3)16(24-2)10-14(15)18-20(8-9-26-18)27(21,22)13-6-4-12(19)5-7-13/h4-7,10-11,18H,8-9H2,1-3H3/t18-/m1/s1. The van der Waals surface area contributed by atoms with Gasteiger partial charge in [0.05, 0.1) is 31.6 Å². The quantitative estimate of drug-likeness (QED) is 0.724. The molecule has 2 aromatic rings. The second-order valence-electron chi connectivity index (χ2n) is 5.74.